The number of nitrogens with two attached hydrogens (primary N) is 1. The average molecular weight is 140 g/mol. The summed E-state index contributed by atoms with van der Waals surface area (Å²) in [6.07, 6.45) is 4.30. The van der Waals surface area contributed by atoms with E-state index in [0.717, 1.165) is 19.3 Å². The first-order valence-electron chi connectivity index (χ1n) is 3.64. The number of hydrogen-bond acceptors (Lipinski definition) is 2. The monoisotopic (exact) mass is 140 g/mol. The van der Waals surface area contributed by atoms with E-state index in [2.05, 4.69) is 10.0 Å². The quantitative estimate of drug-likeness (QED) is 0.335. The van der Waals surface area contributed by atoms with Crippen molar-refractivity contribution in [3.63, 3.8) is 0 Å². The van der Waals surface area contributed by atoms with Crippen molar-refractivity contribution < 1.29 is 0 Å². The van der Waals surface area contributed by atoms with E-state index < -0.39 is 0 Å². The molecule has 1 rings (SSSR count). The Morgan fingerprint density at radius 2 is 2.10 bits per heavy atom. The lowest BCUT2D eigenvalue weighted by molar-refractivity contribution is 0.384. The van der Waals surface area contributed by atoms with Gasteiger partial charge in [0.2, 0.25) is 0 Å². The second-order valence-electron chi connectivity index (χ2n) is 2.72. The summed E-state index contributed by atoms with van der Waals surface area (Å²) >= 11 is 0. The highest BCUT2D eigenvalue weighted by Crippen LogP contribution is 2.19. The van der Waals surface area contributed by atoms with E-state index in [0.29, 0.717) is 0 Å². The summed E-state index contributed by atoms with van der Waals surface area (Å²) in [5.41, 5.74) is 13.8. The minimum Gasteiger partial charge on any atom is -0.327 e. The Balaban J connectivity index is 2.47. The molecule has 0 radical (unpaired) electrons. The molecule has 2 atom stereocenters. The van der Waals surface area contributed by atoms with Gasteiger partial charge in [-0.3, -0.25) is 0 Å². The molecule has 10 heavy (non-hydrogen) atoms. The molecule has 0 unspecified atom stereocenters. The van der Waals surface area contributed by atoms with Crippen molar-refractivity contribution >= 4 is 0 Å². The van der Waals surface area contributed by atoms with Crippen LogP contribution in [0.3, 0.4) is 0 Å². The van der Waals surface area contributed by atoms with Crippen LogP contribution in [-0.4, -0.2) is 12.1 Å². The van der Waals surface area contributed by atoms with Crippen LogP contribution in [0.5, 0.6) is 0 Å². The van der Waals surface area contributed by atoms with Crippen LogP contribution < -0.4 is 5.73 Å². The fourth-order valence-corrected chi connectivity index (χ4v) is 1.35. The average Bonchev–Trinajstić information content (AvgIpc) is 1.94. The lowest BCUT2D eigenvalue weighted by atomic mass is 9.92. The standard InChI is InChI=1S/C6H12N4/c7-5-3-1-2-4-6(5)9-10-8/h5-6H,1-4,7H2/t5-,6+/m0/s1. The maximum atomic E-state index is 8.14. The van der Waals surface area contributed by atoms with Gasteiger partial charge in [0.05, 0.1) is 6.04 Å². The molecule has 2 N–H and O–H groups in total. The molecular formula is C6H12N4. The Morgan fingerprint density at radius 3 is 2.70 bits per heavy atom. The summed E-state index contributed by atoms with van der Waals surface area (Å²) in [5, 5.41) is 3.62. The van der Waals surface area contributed by atoms with Crippen molar-refractivity contribution in [2.24, 2.45) is 10.8 Å². The zero-order valence-corrected chi connectivity index (χ0v) is 5.90. The van der Waals surface area contributed by atoms with Crippen LogP contribution >= 0.6 is 0 Å². The Hall–Kier alpha value is -0.730. The van der Waals surface area contributed by atoms with Crippen LogP contribution in [0.15, 0.2) is 5.11 Å². The fraction of sp³-hybridized carbons (Fsp3) is 1.00. The largest absolute Gasteiger partial charge is 0.327 e. The molecule has 0 heterocycles. The Kier molecular flexibility index (Phi) is 2.54. The highest BCUT2D eigenvalue weighted by Gasteiger charge is 2.19. The minimum absolute atomic E-state index is 0.0544. The van der Waals surface area contributed by atoms with Crippen molar-refractivity contribution in [1.29, 1.82) is 0 Å². The molecule has 1 fully saturated rings. The predicted molar refractivity (Wildman–Crippen MR) is 39.4 cm³/mol. The third kappa shape index (κ3) is 1.62. The van der Waals surface area contributed by atoms with E-state index >= 15 is 0 Å². The third-order valence-electron chi connectivity index (χ3n) is 1.98. The Bertz CT molecular complexity index is 150. The first-order valence-corrected chi connectivity index (χ1v) is 3.64. The van der Waals surface area contributed by atoms with E-state index in [1.807, 2.05) is 0 Å². The summed E-state index contributed by atoms with van der Waals surface area (Å²) in [4.78, 5) is 2.75. The van der Waals surface area contributed by atoms with Crippen LogP contribution in [0.25, 0.3) is 10.4 Å². The van der Waals surface area contributed by atoms with Crippen molar-refractivity contribution in [2.75, 3.05) is 0 Å². The molecule has 0 amide bonds. The topological polar surface area (TPSA) is 74.8 Å². The molecule has 0 aromatic heterocycles. The van der Waals surface area contributed by atoms with E-state index in [4.69, 9.17) is 11.3 Å². The highest BCUT2D eigenvalue weighted by molar-refractivity contribution is 4.83. The third-order valence-corrected chi connectivity index (χ3v) is 1.98. The molecule has 1 aliphatic rings. The van der Waals surface area contributed by atoms with E-state index in [1.165, 1.54) is 6.42 Å². The molecule has 0 spiro atoms. The smallest absolute Gasteiger partial charge is 0.0525 e. The van der Waals surface area contributed by atoms with Crippen molar-refractivity contribution in [3.05, 3.63) is 10.4 Å². The number of nitrogens with zero attached hydrogens (tertiary/aromatic N) is 3. The molecule has 4 nitrogen and oxygen atoms in total. The highest BCUT2D eigenvalue weighted by atomic mass is 15.2. The molecule has 1 saturated carbocycles. The minimum atomic E-state index is 0.0544. The molecular weight excluding hydrogens is 128 g/mol. The van der Waals surface area contributed by atoms with Gasteiger partial charge in [-0.2, -0.15) is 0 Å². The van der Waals surface area contributed by atoms with E-state index in [1.54, 1.807) is 0 Å². The van der Waals surface area contributed by atoms with Gasteiger partial charge in [-0.15, -0.1) is 0 Å². The normalized spacial score (nSPS) is 32.9. The summed E-state index contributed by atoms with van der Waals surface area (Å²) in [6.45, 7) is 0. The van der Waals surface area contributed by atoms with Gasteiger partial charge in [0.15, 0.2) is 0 Å². The van der Waals surface area contributed by atoms with Crippen LogP contribution in [0, 0.1) is 0 Å². The second kappa shape index (κ2) is 3.44. The maximum absolute atomic E-state index is 8.14. The Labute approximate surface area is 60.0 Å². The zero-order chi connectivity index (χ0) is 7.40. The summed E-state index contributed by atoms with van der Waals surface area (Å²) in [5.74, 6) is 0. The number of azide groups is 1. The molecule has 0 aromatic carbocycles. The lowest BCUT2D eigenvalue weighted by Gasteiger charge is -2.23. The molecule has 0 saturated heterocycles. The summed E-state index contributed by atoms with van der Waals surface area (Å²) < 4.78 is 0. The van der Waals surface area contributed by atoms with E-state index in [9.17, 15) is 0 Å². The Morgan fingerprint density at radius 1 is 1.40 bits per heavy atom. The molecule has 56 valence electrons. The molecule has 1 aliphatic carbocycles. The van der Waals surface area contributed by atoms with Crippen molar-refractivity contribution in [1.82, 2.24) is 0 Å². The van der Waals surface area contributed by atoms with Crippen LogP contribution in [-0.2, 0) is 0 Å². The summed E-state index contributed by atoms with van der Waals surface area (Å²) in [6, 6.07) is 0.156. The lowest BCUT2D eigenvalue weighted by Crippen LogP contribution is -2.35. The van der Waals surface area contributed by atoms with E-state index in [-0.39, 0.29) is 12.1 Å². The summed E-state index contributed by atoms with van der Waals surface area (Å²) in [7, 11) is 0. The van der Waals surface area contributed by atoms with Crippen molar-refractivity contribution in [2.45, 2.75) is 37.8 Å². The maximum Gasteiger partial charge on any atom is 0.0525 e. The fourth-order valence-electron chi connectivity index (χ4n) is 1.35. The molecule has 0 bridgehead atoms. The van der Waals surface area contributed by atoms with Gasteiger partial charge in [-0.1, -0.05) is 18.0 Å². The SMILES string of the molecule is [N-]=[N+]=N[C@@H]1CCCC[C@@H]1N. The van der Waals surface area contributed by atoms with Gasteiger partial charge in [0, 0.05) is 11.0 Å². The van der Waals surface area contributed by atoms with Crippen LogP contribution in [0.1, 0.15) is 25.7 Å². The van der Waals surface area contributed by atoms with Gasteiger partial charge in [0.25, 0.3) is 0 Å². The van der Waals surface area contributed by atoms with Crippen LogP contribution in [0.4, 0.5) is 0 Å². The molecule has 0 aromatic rings. The predicted octanol–water partition coefficient (Wildman–Crippen LogP) is 1.57. The number of rotatable bonds is 1. The van der Waals surface area contributed by atoms with Gasteiger partial charge in [-0.25, -0.2) is 0 Å². The first-order chi connectivity index (χ1) is 4.84. The zero-order valence-electron chi connectivity index (χ0n) is 5.90. The van der Waals surface area contributed by atoms with Gasteiger partial charge < -0.3 is 5.73 Å². The van der Waals surface area contributed by atoms with Gasteiger partial charge in [0.1, 0.15) is 0 Å². The first kappa shape index (κ1) is 7.38. The molecule has 4 heteroatoms. The second-order valence-corrected chi connectivity index (χ2v) is 2.72. The van der Waals surface area contributed by atoms with Gasteiger partial charge >= 0.3 is 0 Å². The molecule has 0 aliphatic heterocycles. The van der Waals surface area contributed by atoms with Crippen LogP contribution in [0.2, 0.25) is 0 Å². The number of hydrogen-bond donors (Lipinski definition) is 1. The van der Waals surface area contributed by atoms with Gasteiger partial charge in [-0.05, 0) is 18.4 Å². The van der Waals surface area contributed by atoms with Crippen molar-refractivity contribution in [3.8, 4) is 0 Å².